The zero-order valence-electron chi connectivity index (χ0n) is 9.19. The highest BCUT2D eigenvalue weighted by atomic mass is 16.5. The molecule has 0 spiro atoms. The smallest absolute Gasteiger partial charge is 0.409 e. The summed E-state index contributed by atoms with van der Waals surface area (Å²) in [5, 5.41) is 0. The molecule has 14 heavy (non-hydrogen) atoms. The van der Waals surface area contributed by atoms with E-state index in [1.165, 1.54) is 13.5 Å². The van der Waals surface area contributed by atoms with Gasteiger partial charge < -0.3 is 9.64 Å². The molecular formula is C11H19NO2. The van der Waals surface area contributed by atoms with Crippen LogP contribution in [0.2, 0.25) is 0 Å². The molecule has 1 saturated carbocycles. The molecule has 1 amide bonds. The van der Waals surface area contributed by atoms with Crippen LogP contribution in [-0.2, 0) is 4.74 Å². The van der Waals surface area contributed by atoms with E-state index in [2.05, 4.69) is 13.8 Å². The van der Waals surface area contributed by atoms with Crippen molar-refractivity contribution < 1.29 is 9.53 Å². The van der Waals surface area contributed by atoms with Gasteiger partial charge in [0.15, 0.2) is 0 Å². The lowest BCUT2D eigenvalue weighted by atomic mass is 9.86. The van der Waals surface area contributed by atoms with Crippen LogP contribution < -0.4 is 0 Å². The van der Waals surface area contributed by atoms with E-state index < -0.39 is 0 Å². The highest BCUT2D eigenvalue weighted by Gasteiger charge is 2.52. The minimum Gasteiger partial charge on any atom is -0.453 e. The lowest BCUT2D eigenvalue weighted by Crippen LogP contribution is -2.40. The van der Waals surface area contributed by atoms with Gasteiger partial charge in [-0.1, -0.05) is 13.8 Å². The van der Waals surface area contributed by atoms with Crippen molar-refractivity contribution in [3.8, 4) is 0 Å². The van der Waals surface area contributed by atoms with Crippen LogP contribution in [0.15, 0.2) is 0 Å². The second-order valence-electron chi connectivity index (χ2n) is 4.83. The van der Waals surface area contributed by atoms with Crippen LogP contribution >= 0.6 is 0 Å². The maximum Gasteiger partial charge on any atom is 0.409 e. The van der Waals surface area contributed by atoms with Gasteiger partial charge in [0.2, 0.25) is 0 Å². The highest BCUT2D eigenvalue weighted by Crippen LogP contribution is 2.49. The van der Waals surface area contributed by atoms with Gasteiger partial charge in [0.25, 0.3) is 0 Å². The van der Waals surface area contributed by atoms with Crippen molar-refractivity contribution in [2.75, 3.05) is 13.7 Å². The van der Waals surface area contributed by atoms with Gasteiger partial charge in [-0.25, -0.2) is 4.79 Å². The summed E-state index contributed by atoms with van der Waals surface area (Å²) in [6.45, 7) is 5.46. The first-order valence-electron chi connectivity index (χ1n) is 5.49. The van der Waals surface area contributed by atoms with Crippen LogP contribution in [0.3, 0.4) is 0 Å². The van der Waals surface area contributed by atoms with Gasteiger partial charge in [-0.2, -0.15) is 0 Å². The monoisotopic (exact) mass is 197 g/mol. The van der Waals surface area contributed by atoms with Crippen molar-refractivity contribution in [3.63, 3.8) is 0 Å². The number of nitrogens with zero attached hydrogens (tertiary/aromatic N) is 1. The Balaban J connectivity index is 1.96. The van der Waals surface area contributed by atoms with E-state index in [0.717, 1.165) is 30.7 Å². The summed E-state index contributed by atoms with van der Waals surface area (Å²) in [4.78, 5) is 13.3. The Morgan fingerprint density at radius 1 is 1.50 bits per heavy atom. The second kappa shape index (κ2) is 3.44. The molecule has 0 bridgehead atoms. The lowest BCUT2D eigenvalue weighted by molar-refractivity contribution is 0.0955. The third-order valence-corrected chi connectivity index (χ3v) is 3.72. The molecule has 2 aliphatic rings. The van der Waals surface area contributed by atoms with Gasteiger partial charge in [-0.3, -0.25) is 0 Å². The molecule has 2 rings (SSSR count). The number of hydrogen-bond acceptors (Lipinski definition) is 2. The number of hydrogen-bond donors (Lipinski definition) is 0. The molecule has 80 valence electrons. The van der Waals surface area contributed by atoms with Crippen molar-refractivity contribution >= 4 is 6.09 Å². The van der Waals surface area contributed by atoms with Crippen molar-refractivity contribution in [1.29, 1.82) is 0 Å². The van der Waals surface area contributed by atoms with E-state index in [4.69, 9.17) is 4.74 Å². The number of fused-ring (bicyclic) bond motifs is 1. The van der Waals surface area contributed by atoms with Crippen LogP contribution in [0.1, 0.15) is 26.7 Å². The van der Waals surface area contributed by atoms with Crippen molar-refractivity contribution in [1.82, 2.24) is 4.90 Å². The fourth-order valence-corrected chi connectivity index (χ4v) is 2.86. The molecule has 3 nitrogen and oxygen atoms in total. The predicted molar refractivity (Wildman–Crippen MR) is 54.0 cm³/mol. The largest absolute Gasteiger partial charge is 0.453 e. The van der Waals surface area contributed by atoms with E-state index >= 15 is 0 Å². The average Bonchev–Trinajstić information content (AvgIpc) is 2.93. The number of methoxy groups -OCH3 is 1. The van der Waals surface area contributed by atoms with Gasteiger partial charge in [-0.15, -0.1) is 0 Å². The summed E-state index contributed by atoms with van der Waals surface area (Å²) in [5.41, 5.74) is 0. The SMILES string of the molecule is COC(=O)N1CCC(C(C)C)C2CC21. The number of carbonyl (C=O) groups is 1. The summed E-state index contributed by atoms with van der Waals surface area (Å²) in [6.07, 6.45) is 2.20. The standard InChI is InChI=1S/C11H19NO2/c1-7(2)8-4-5-12(11(13)14-3)10-6-9(8)10/h7-10H,4-6H2,1-3H3. The first-order valence-corrected chi connectivity index (χ1v) is 5.49. The summed E-state index contributed by atoms with van der Waals surface area (Å²) in [7, 11) is 1.47. The van der Waals surface area contributed by atoms with Gasteiger partial charge in [0.1, 0.15) is 0 Å². The van der Waals surface area contributed by atoms with Gasteiger partial charge in [0.05, 0.1) is 7.11 Å². The maximum absolute atomic E-state index is 11.4. The Morgan fingerprint density at radius 3 is 2.79 bits per heavy atom. The zero-order chi connectivity index (χ0) is 10.3. The van der Waals surface area contributed by atoms with Crippen molar-refractivity contribution in [3.05, 3.63) is 0 Å². The van der Waals surface area contributed by atoms with Crippen LogP contribution in [0.4, 0.5) is 4.79 Å². The van der Waals surface area contributed by atoms with Gasteiger partial charge in [0, 0.05) is 12.6 Å². The van der Waals surface area contributed by atoms with Crippen molar-refractivity contribution in [2.45, 2.75) is 32.7 Å². The van der Waals surface area contributed by atoms with Gasteiger partial charge in [-0.05, 0) is 30.6 Å². The average molecular weight is 197 g/mol. The molecule has 3 heteroatoms. The third-order valence-electron chi connectivity index (χ3n) is 3.72. The van der Waals surface area contributed by atoms with Crippen molar-refractivity contribution in [2.24, 2.45) is 17.8 Å². The molecule has 0 aromatic rings. The molecule has 1 aliphatic carbocycles. The molecule has 3 unspecified atom stereocenters. The van der Waals surface area contributed by atoms with E-state index in [1.807, 2.05) is 4.90 Å². The number of carbonyl (C=O) groups excluding carboxylic acids is 1. The zero-order valence-corrected chi connectivity index (χ0v) is 9.19. The predicted octanol–water partition coefficient (Wildman–Crippen LogP) is 2.12. The highest BCUT2D eigenvalue weighted by molar-refractivity contribution is 5.68. The molecule has 1 saturated heterocycles. The van der Waals surface area contributed by atoms with Crippen LogP contribution in [0.25, 0.3) is 0 Å². The molecule has 2 fully saturated rings. The molecule has 0 aromatic carbocycles. The molecule has 3 atom stereocenters. The Morgan fingerprint density at radius 2 is 2.21 bits per heavy atom. The van der Waals surface area contributed by atoms with E-state index in [1.54, 1.807) is 0 Å². The normalized spacial score (nSPS) is 35.4. The summed E-state index contributed by atoms with van der Waals surface area (Å²) < 4.78 is 4.77. The molecule has 1 heterocycles. The number of amides is 1. The quantitative estimate of drug-likeness (QED) is 0.644. The second-order valence-corrected chi connectivity index (χ2v) is 4.83. The Kier molecular flexibility index (Phi) is 2.41. The minimum absolute atomic E-state index is 0.139. The molecule has 0 aromatic heterocycles. The van der Waals surface area contributed by atoms with Gasteiger partial charge >= 0.3 is 6.09 Å². The molecule has 0 N–H and O–H groups in total. The summed E-state index contributed by atoms with van der Waals surface area (Å²) in [5.74, 6) is 2.33. The number of piperidine rings is 1. The Hall–Kier alpha value is -0.730. The number of rotatable bonds is 1. The first-order chi connectivity index (χ1) is 6.65. The van der Waals surface area contributed by atoms with Crippen LogP contribution in [0, 0.1) is 17.8 Å². The Bertz CT molecular complexity index is 239. The number of likely N-dealkylation sites (tertiary alicyclic amines) is 1. The van der Waals surface area contributed by atoms with E-state index in [9.17, 15) is 4.79 Å². The third kappa shape index (κ3) is 1.49. The molecule has 0 radical (unpaired) electrons. The van der Waals surface area contributed by atoms with E-state index in [0.29, 0.717) is 6.04 Å². The lowest BCUT2D eigenvalue weighted by Gasteiger charge is -2.32. The maximum atomic E-state index is 11.4. The molecule has 1 aliphatic heterocycles. The first kappa shape index (κ1) is 9.81. The summed E-state index contributed by atoms with van der Waals surface area (Å²) >= 11 is 0. The number of ether oxygens (including phenoxy) is 1. The topological polar surface area (TPSA) is 29.5 Å². The summed E-state index contributed by atoms with van der Waals surface area (Å²) in [6, 6.07) is 0.489. The Labute approximate surface area is 85.4 Å². The van der Waals surface area contributed by atoms with E-state index in [-0.39, 0.29) is 6.09 Å². The van der Waals surface area contributed by atoms with Crippen LogP contribution in [0.5, 0.6) is 0 Å². The minimum atomic E-state index is -0.139. The fourth-order valence-electron chi connectivity index (χ4n) is 2.86. The fraction of sp³-hybridized carbons (Fsp3) is 0.909. The molecular weight excluding hydrogens is 178 g/mol. The van der Waals surface area contributed by atoms with Crippen LogP contribution in [-0.4, -0.2) is 30.7 Å².